The molecule has 5 heteroatoms. The molecular weight excluding hydrogens is 320 g/mol. The minimum Gasteiger partial charge on any atom is -0.494 e. The van der Waals surface area contributed by atoms with E-state index in [0.29, 0.717) is 11.6 Å². The Labute approximate surface area is 145 Å². The molecule has 3 rings (SSSR count). The predicted molar refractivity (Wildman–Crippen MR) is 99.2 cm³/mol. The maximum atomic E-state index is 12.4. The fourth-order valence-electron chi connectivity index (χ4n) is 2.95. The average Bonchev–Trinajstić information content (AvgIpc) is 2.92. The van der Waals surface area contributed by atoms with E-state index in [1.54, 1.807) is 7.11 Å². The summed E-state index contributed by atoms with van der Waals surface area (Å²) >= 11 is 1.45. The summed E-state index contributed by atoms with van der Waals surface area (Å²) in [7, 11) is 1.62. The van der Waals surface area contributed by atoms with Crippen molar-refractivity contribution in [1.82, 2.24) is 4.98 Å². The number of para-hydroxylation sites is 1. The van der Waals surface area contributed by atoms with Crippen LogP contribution in [0.4, 0.5) is 5.13 Å². The van der Waals surface area contributed by atoms with Gasteiger partial charge in [0.1, 0.15) is 11.3 Å². The quantitative estimate of drug-likeness (QED) is 0.765. The smallest absolute Gasteiger partial charge is 0.230 e. The molecule has 1 heterocycles. The number of nitrogens with zero attached hydrogens (tertiary/aromatic N) is 1. The fraction of sp³-hybridized carbons (Fsp3) is 0.263. The number of thiazole rings is 1. The first-order valence-electron chi connectivity index (χ1n) is 7.78. The lowest BCUT2D eigenvalue weighted by Crippen LogP contribution is -2.15. The molecule has 1 aromatic heterocycles. The van der Waals surface area contributed by atoms with Crippen molar-refractivity contribution in [3.63, 3.8) is 0 Å². The lowest BCUT2D eigenvalue weighted by molar-refractivity contribution is -0.115. The van der Waals surface area contributed by atoms with Crippen LogP contribution in [0.1, 0.15) is 22.3 Å². The van der Waals surface area contributed by atoms with Gasteiger partial charge in [-0.15, -0.1) is 0 Å². The topological polar surface area (TPSA) is 51.2 Å². The molecule has 0 fully saturated rings. The van der Waals surface area contributed by atoms with E-state index in [9.17, 15) is 4.79 Å². The highest BCUT2D eigenvalue weighted by molar-refractivity contribution is 7.22. The second-order valence-electron chi connectivity index (χ2n) is 5.93. The van der Waals surface area contributed by atoms with Crippen LogP contribution >= 0.6 is 11.3 Å². The monoisotopic (exact) mass is 340 g/mol. The van der Waals surface area contributed by atoms with Crippen molar-refractivity contribution in [2.45, 2.75) is 27.2 Å². The molecule has 2 aromatic carbocycles. The number of aromatic nitrogens is 1. The van der Waals surface area contributed by atoms with Gasteiger partial charge in [0, 0.05) is 0 Å². The van der Waals surface area contributed by atoms with Crippen molar-refractivity contribution in [3.8, 4) is 5.75 Å². The maximum absolute atomic E-state index is 12.4. The van der Waals surface area contributed by atoms with Crippen LogP contribution in [-0.4, -0.2) is 18.0 Å². The number of ether oxygens (including phenoxy) is 1. The number of benzene rings is 2. The molecule has 4 nitrogen and oxygen atoms in total. The summed E-state index contributed by atoms with van der Waals surface area (Å²) in [6, 6.07) is 9.98. The molecular formula is C19H20N2O2S. The number of fused-ring (bicyclic) bond motifs is 1. The number of carbonyl (C=O) groups is 1. The third kappa shape index (κ3) is 3.26. The minimum atomic E-state index is -0.0527. The summed E-state index contributed by atoms with van der Waals surface area (Å²) in [4.78, 5) is 16.9. The van der Waals surface area contributed by atoms with Gasteiger partial charge in [-0.1, -0.05) is 35.1 Å². The Morgan fingerprint density at radius 2 is 1.92 bits per heavy atom. The summed E-state index contributed by atoms with van der Waals surface area (Å²) in [6.07, 6.45) is 0.352. The normalized spacial score (nSPS) is 10.8. The molecule has 0 bridgehead atoms. The van der Waals surface area contributed by atoms with Gasteiger partial charge in [0.05, 0.1) is 18.2 Å². The van der Waals surface area contributed by atoms with E-state index in [4.69, 9.17) is 4.74 Å². The van der Waals surface area contributed by atoms with Gasteiger partial charge >= 0.3 is 0 Å². The fourth-order valence-corrected chi connectivity index (χ4v) is 3.85. The van der Waals surface area contributed by atoms with E-state index in [2.05, 4.69) is 29.4 Å². The SMILES string of the molecule is COc1cccc2sc(NC(=O)Cc3c(C)cc(C)cc3C)nc12. The molecule has 0 unspecified atom stereocenters. The molecule has 1 amide bonds. The molecule has 0 saturated heterocycles. The lowest BCUT2D eigenvalue weighted by atomic mass is 9.97. The summed E-state index contributed by atoms with van der Waals surface area (Å²) in [6.45, 7) is 6.16. The van der Waals surface area contributed by atoms with Crippen molar-refractivity contribution in [2.75, 3.05) is 12.4 Å². The Morgan fingerprint density at radius 3 is 2.58 bits per heavy atom. The number of hydrogen-bond acceptors (Lipinski definition) is 4. The van der Waals surface area contributed by atoms with E-state index in [0.717, 1.165) is 32.7 Å². The van der Waals surface area contributed by atoms with Crippen LogP contribution in [0.5, 0.6) is 5.75 Å². The zero-order chi connectivity index (χ0) is 17.3. The van der Waals surface area contributed by atoms with Crippen molar-refractivity contribution < 1.29 is 9.53 Å². The molecule has 3 aromatic rings. The number of carbonyl (C=O) groups excluding carboxylic acids is 1. The largest absolute Gasteiger partial charge is 0.494 e. The van der Waals surface area contributed by atoms with Gasteiger partial charge < -0.3 is 10.1 Å². The van der Waals surface area contributed by atoms with Gasteiger partial charge in [0.2, 0.25) is 5.91 Å². The van der Waals surface area contributed by atoms with Crippen molar-refractivity contribution in [2.24, 2.45) is 0 Å². The van der Waals surface area contributed by atoms with Crippen molar-refractivity contribution >= 4 is 32.6 Å². The van der Waals surface area contributed by atoms with E-state index in [-0.39, 0.29) is 5.91 Å². The Balaban J connectivity index is 1.81. The van der Waals surface area contributed by atoms with Crippen LogP contribution in [0.15, 0.2) is 30.3 Å². The van der Waals surface area contributed by atoms with E-state index >= 15 is 0 Å². The Bertz CT molecular complexity index is 892. The lowest BCUT2D eigenvalue weighted by Gasteiger charge is -2.10. The highest BCUT2D eigenvalue weighted by atomic mass is 32.1. The Hall–Kier alpha value is -2.40. The number of methoxy groups -OCH3 is 1. The number of hydrogen-bond donors (Lipinski definition) is 1. The van der Waals surface area contributed by atoms with Crippen LogP contribution in [0, 0.1) is 20.8 Å². The standard InChI is InChI=1S/C19H20N2O2S/c1-11-8-12(2)14(13(3)9-11)10-17(22)20-19-21-18-15(23-4)6-5-7-16(18)24-19/h5-9H,10H2,1-4H3,(H,20,21,22). The van der Waals surface area contributed by atoms with Gasteiger partial charge in [-0.2, -0.15) is 0 Å². The second-order valence-corrected chi connectivity index (χ2v) is 6.96. The maximum Gasteiger partial charge on any atom is 0.230 e. The Kier molecular flexibility index (Phi) is 4.53. The van der Waals surface area contributed by atoms with Crippen LogP contribution in [-0.2, 0) is 11.2 Å². The highest BCUT2D eigenvalue weighted by Crippen LogP contribution is 2.32. The zero-order valence-corrected chi connectivity index (χ0v) is 15.1. The van der Waals surface area contributed by atoms with Crippen LogP contribution < -0.4 is 10.1 Å². The highest BCUT2D eigenvalue weighted by Gasteiger charge is 2.13. The number of anilines is 1. The first kappa shape index (κ1) is 16.5. The zero-order valence-electron chi connectivity index (χ0n) is 14.3. The molecule has 0 aliphatic heterocycles. The first-order chi connectivity index (χ1) is 11.5. The van der Waals surface area contributed by atoms with Crippen LogP contribution in [0.2, 0.25) is 0 Å². The molecule has 0 radical (unpaired) electrons. The van der Waals surface area contributed by atoms with E-state index in [1.807, 2.05) is 32.0 Å². The summed E-state index contributed by atoms with van der Waals surface area (Å²) < 4.78 is 6.31. The minimum absolute atomic E-state index is 0.0527. The molecule has 1 N–H and O–H groups in total. The molecule has 24 heavy (non-hydrogen) atoms. The molecule has 124 valence electrons. The van der Waals surface area contributed by atoms with Gasteiger partial charge in [0.25, 0.3) is 0 Å². The van der Waals surface area contributed by atoms with Crippen molar-refractivity contribution in [1.29, 1.82) is 0 Å². The van der Waals surface area contributed by atoms with Gasteiger partial charge in [-0.25, -0.2) is 4.98 Å². The van der Waals surface area contributed by atoms with Gasteiger partial charge in [0.15, 0.2) is 5.13 Å². The molecule has 0 saturated carbocycles. The average molecular weight is 340 g/mol. The Morgan fingerprint density at radius 1 is 1.21 bits per heavy atom. The van der Waals surface area contributed by atoms with Crippen LogP contribution in [0.25, 0.3) is 10.2 Å². The van der Waals surface area contributed by atoms with E-state index in [1.165, 1.54) is 16.9 Å². The molecule has 0 aliphatic carbocycles. The molecule has 0 aliphatic rings. The summed E-state index contributed by atoms with van der Waals surface area (Å²) in [5, 5.41) is 3.51. The number of amides is 1. The second kappa shape index (κ2) is 6.61. The third-order valence-corrected chi connectivity index (χ3v) is 4.96. The third-order valence-electron chi connectivity index (χ3n) is 4.03. The number of aryl methyl sites for hydroxylation is 3. The molecule has 0 spiro atoms. The number of rotatable bonds is 4. The first-order valence-corrected chi connectivity index (χ1v) is 8.59. The number of nitrogens with one attached hydrogen (secondary N) is 1. The molecule has 0 atom stereocenters. The predicted octanol–water partition coefficient (Wildman–Crippen LogP) is 4.41. The van der Waals surface area contributed by atoms with Crippen molar-refractivity contribution in [3.05, 3.63) is 52.6 Å². The summed E-state index contributed by atoms with van der Waals surface area (Å²) in [5.41, 5.74) is 5.37. The van der Waals surface area contributed by atoms with Gasteiger partial charge in [-0.3, -0.25) is 4.79 Å². The van der Waals surface area contributed by atoms with Gasteiger partial charge in [-0.05, 0) is 49.6 Å². The summed E-state index contributed by atoms with van der Waals surface area (Å²) in [5.74, 6) is 0.664. The van der Waals surface area contributed by atoms with E-state index < -0.39 is 0 Å². The van der Waals surface area contributed by atoms with Crippen LogP contribution in [0.3, 0.4) is 0 Å².